The summed E-state index contributed by atoms with van der Waals surface area (Å²) in [5.74, 6) is 0.983. The van der Waals surface area contributed by atoms with Gasteiger partial charge in [0.15, 0.2) is 0 Å². The summed E-state index contributed by atoms with van der Waals surface area (Å²) < 4.78 is 0. The first-order valence-electron chi connectivity index (χ1n) is 4.90. The Labute approximate surface area is 75.4 Å². The van der Waals surface area contributed by atoms with Gasteiger partial charge in [0.25, 0.3) is 0 Å². The van der Waals surface area contributed by atoms with Crippen LogP contribution in [0.4, 0.5) is 0 Å². The summed E-state index contributed by atoms with van der Waals surface area (Å²) in [6.45, 7) is 8.19. The Morgan fingerprint density at radius 3 is 2.42 bits per heavy atom. The molecule has 0 amide bonds. The first-order valence-corrected chi connectivity index (χ1v) is 4.90. The maximum Gasteiger partial charge on any atom is 0.0916 e. The maximum atomic E-state index is 3.94. The summed E-state index contributed by atoms with van der Waals surface area (Å²) in [7, 11) is 0. The Morgan fingerprint density at radius 1 is 1.33 bits per heavy atom. The predicted molar refractivity (Wildman–Crippen MR) is 52.8 cm³/mol. The molecule has 2 nitrogen and oxygen atoms in total. The van der Waals surface area contributed by atoms with Crippen molar-refractivity contribution in [1.82, 2.24) is 10.6 Å². The molecule has 2 heteroatoms. The molecule has 1 saturated carbocycles. The highest BCUT2D eigenvalue weighted by atomic mass is 15.1. The summed E-state index contributed by atoms with van der Waals surface area (Å²) in [4.78, 5) is 0. The summed E-state index contributed by atoms with van der Waals surface area (Å²) >= 11 is 0. The van der Waals surface area contributed by atoms with Crippen LogP contribution in [0, 0.1) is 0 Å². The van der Waals surface area contributed by atoms with Crippen molar-refractivity contribution in [2.75, 3.05) is 0 Å². The van der Waals surface area contributed by atoms with E-state index in [1.807, 2.05) is 0 Å². The highest BCUT2D eigenvalue weighted by Crippen LogP contribution is 2.17. The maximum absolute atomic E-state index is 3.94. The van der Waals surface area contributed by atoms with Crippen molar-refractivity contribution in [3.05, 3.63) is 12.4 Å². The van der Waals surface area contributed by atoms with Gasteiger partial charge in [-0.1, -0.05) is 19.4 Å². The molecule has 0 spiro atoms. The van der Waals surface area contributed by atoms with Crippen LogP contribution in [0.3, 0.4) is 0 Å². The van der Waals surface area contributed by atoms with Gasteiger partial charge < -0.3 is 10.6 Å². The van der Waals surface area contributed by atoms with Gasteiger partial charge in [0.2, 0.25) is 0 Å². The molecule has 0 radical (unpaired) electrons. The SMILES string of the molecule is C=C(NC(C)C)NC1CCCC1. The number of rotatable bonds is 4. The molecule has 0 saturated heterocycles. The van der Waals surface area contributed by atoms with E-state index < -0.39 is 0 Å². The van der Waals surface area contributed by atoms with E-state index in [2.05, 4.69) is 31.1 Å². The molecule has 0 aromatic heterocycles. The molecule has 0 aromatic rings. The first-order chi connectivity index (χ1) is 5.68. The van der Waals surface area contributed by atoms with E-state index in [9.17, 15) is 0 Å². The largest absolute Gasteiger partial charge is 0.370 e. The lowest BCUT2D eigenvalue weighted by Gasteiger charge is -2.19. The van der Waals surface area contributed by atoms with E-state index in [0.717, 1.165) is 5.82 Å². The van der Waals surface area contributed by atoms with Gasteiger partial charge >= 0.3 is 0 Å². The van der Waals surface area contributed by atoms with Crippen LogP contribution in [0.15, 0.2) is 12.4 Å². The third-order valence-corrected chi connectivity index (χ3v) is 2.20. The zero-order chi connectivity index (χ0) is 8.97. The first kappa shape index (κ1) is 9.43. The molecule has 1 aliphatic rings. The van der Waals surface area contributed by atoms with Gasteiger partial charge in [0.05, 0.1) is 5.82 Å². The Morgan fingerprint density at radius 2 is 1.92 bits per heavy atom. The Hall–Kier alpha value is -0.660. The lowest BCUT2D eigenvalue weighted by atomic mass is 10.2. The van der Waals surface area contributed by atoms with Crippen LogP contribution in [0.2, 0.25) is 0 Å². The monoisotopic (exact) mass is 168 g/mol. The normalized spacial score (nSPS) is 18.2. The highest BCUT2D eigenvalue weighted by Gasteiger charge is 2.14. The molecule has 2 N–H and O–H groups in total. The average Bonchev–Trinajstić information content (AvgIpc) is 2.37. The van der Waals surface area contributed by atoms with Crippen LogP contribution < -0.4 is 10.6 Å². The molecule has 0 atom stereocenters. The Balaban J connectivity index is 2.16. The van der Waals surface area contributed by atoms with Gasteiger partial charge in [-0.25, -0.2) is 0 Å². The van der Waals surface area contributed by atoms with Crippen LogP contribution in [0.25, 0.3) is 0 Å². The van der Waals surface area contributed by atoms with Gasteiger partial charge in [-0.2, -0.15) is 0 Å². The minimum absolute atomic E-state index is 0.478. The predicted octanol–water partition coefficient (Wildman–Crippen LogP) is 1.99. The smallest absolute Gasteiger partial charge is 0.0916 e. The number of hydrogen-bond donors (Lipinski definition) is 2. The molecule has 1 rings (SSSR count). The number of nitrogens with one attached hydrogen (secondary N) is 2. The van der Waals surface area contributed by atoms with E-state index in [1.54, 1.807) is 0 Å². The van der Waals surface area contributed by atoms with Crippen molar-refractivity contribution in [3.63, 3.8) is 0 Å². The molecule has 70 valence electrons. The average molecular weight is 168 g/mol. The Kier molecular flexibility index (Phi) is 3.45. The standard InChI is InChI=1S/C10H20N2/c1-8(2)11-9(3)12-10-6-4-5-7-10/h8,10-12H,3-7H2,1-2H3. The van der Waals surface area contributed by atoms with Gasteiger partial charge in [-0.3, -0.25) is 0 Å². The second kappa shape index (κ2) is 4.39. The third-order valence-electron chi connectivity index (χ3n) is 2.20. The summed E-state index contributed by atoms with van der Waals surface area (Å²) in [6.07, 6.45) is 5.34. The van der Waals surface area contributed by atoms with E-state index in [0.29, 0.717) is 12.1 Å². The van der Waals surface area contributed by atoms with Crippen molar-refractivity contribution < 1.29 is 0 Å². The third kappa shape index (κ3) is 3.16. The van der Waals surface area contributed by atoms with Crippen molar-refractivity contribution in [2.45, 2.75) is 51.6 Å². The topological polar surface area (TPSA) is 24.1 Å². The van der Waals surface area contributed by atoms with Crippen molar-refractivity contribution >= 4 is 0 Å². The van der Waals surface area contributed by atoms with Crippen LogP contribution in [-0.4, -0.2) is 12.1 Å². The lowest BCUT2D eigenvalue weighted by molar-refractivity contribution is 0.528. The zero-order valence-electron chi connectivity index (χ0n) is 8.19. The molecule has 0 heterocycles. The molecular formula is C10H20N2. The van der Waals surface area contributed by atoms with Crippen LogP contribution in [0.1, 0.15) is 39.5 Å². The fourth-order valence-corrected chi connectivity index (χ4v) is 1.71. The quantitative estimate of drug-likeness (QED) is 0.671. The summed E-state index contributed by atoms with van der Waals surface area (Å²) in [5, 5.41) is 6.67. The van der Waals surface area contributed by atoms with Gasteiger partial charge in [-0.15, -0.1) is 0 Å². The second-order valence-corrected chi connectivity index (χ2v) is 3.90. The van der Waals surface area contributed by atoms with Crippen molar-refractivity contribution in [3.8, 4) is 0 Å². The van der Waals surface area contributed by atoms with Gasteiger partial charge in [-0.05, 0) is 26.7 Å². The van der Waals surface area contributed by atoms with Crippen LogP contribution in [-0.2, 0) is 0 Å². The number of hydrogen-bond acceptors (Lipinski definition) is 2. The minimum Gasteiger partial charge on any atom is -0.370 e. The zero-order valence-corrected chi connectivity index (χ0v) is 8.19. The molecule has 0 bridgehead atoms. The van der Waals surface area contributed by atoms with E-state index in [4.69, 9.17) is 0 Å². The van der Waals surface area contributed by atoms with Gasteiger partial charge in [0, 0.05) is 12.1 Å². The minimum atomic E-state index is 0.478. The van der Waals surface area contributed by atoms with E-state index in [1.165, 1.54) is 25.7 Å². The van der Waals surface area contributed by atoms with Gasteiger partial charge in [0.1, 0.15) is 0 Å². The Bertz CT molecular complexity index is 146. The van der Waals surface area contributed by atoms with Crippen LogP contribution in [0.5, 0.6) is 0 Å². The van der Waals surface area contributed by atoms with Crippen LogP contribution >= 0.6 is 0 Å². The van der Waals surface area contributed by atoms with E-state index >= 15 is 0 Å². The van der Waals surface area contributed by atoms with E-state index in [-0.39, 0.29) is 0 Å². The molecular weight excluding hydrogens is 148 g/mol. The molecule has 1 fully saturated rings. The molecule has 12 heavy (non-hydrogen) atoms. The van der Waals surface area contributed by atoms with Crippen molar-refractivity contribution in [2.24, 2.45) is 0 Å². The summed E-state index contributed by atoms with van der Waals surface area (Å²) in [6, 6.07) is 1.15. The molecule has 0 aromatic carbocycles. The fourth-order valence-electron chi connectivity index (χ4n) is 1.71. The molecule has 0 aliphatic heterocycles. The lowest BCUT2D eigenvalue weighted by Crippen LogP contribution is -2.35. The molecule has 0 unspecified atom stereocenters. The van der Waals surface area contributed by atoms with Crippen molar-refractivity contribution in [1.29, 1.82) is 0 Å². The summed E-state index contributed by atoms with van der Waals surface area (Å²) in [5.41, 5.74) is 0. The molecule has 1 aliphatic carbocycles. The second-order valence-electron chi connectivity index (χ2n) is 3.90. The highest BCUT2D eigenvalue weighted by molar-refractivity contribution is 4.93. The fraction of sp³-hybridized carbons (Fsp3) is 0.800.